The molecule has 1 aromatic heterocycles. The second-order valence-electron chi connectivity index (χ2n) is 3.63. The molecule has 0 aliphatic heterocycles. The van der Waals surface area contributed by atoms with Crippen LogP contribution in [0.15, 0.2) is 12.4 Å². The van der Waals surface area contributed by atoms with Crippen molar-refractivity contribution in [1.29, 1.82) is 0 Å². The highest BCUT2D eigenvalue weighted by molar-refractivity contribution is 5.10. The van der Waals surface area contributed by atoms with Crippen LogP contribution in [-0.2, 0) is 0 Å². The predicted octanol–water partition coefficient (Wildman–Crippen LogP) is 2.23. The zero-order valence-corrected chi connectivity index (χ0v) is 7.61. The largest absolute Gasteiger partial charge is 0.492 e. The van der Waals surface area contributed by atoms with Gasteiger partial charge in [0.05, 0.1) is 18.1 Å². The van der Waals surface area contributed by atoms with Crippen molar-refractivity contribution in [3.8, 4) is 5.88 Å². The molecule has 1 saturated carbocycles. The summed E-state index contributed by atoms with van der Waals surface area (Å²) in [5, 5.41) is 8.98. The summed E-state index contributed by atoms with van der Waals surface area (Å²) in [4.78, 5) is 8.04. The van der Waals surface area contributed by atoms with Crippen molar-refractivity contribution in [2.45, 2.75) is 38.0 Å². The van der Waals surface area contributed by atoms with Crippen LogP contribution in [0.25, 0.3) is 0 Å². The first-order valence-electron chi connectivity index (χ1n) is 4.87. The maximum Gasteiger partial charge on any atom is 0.229 e. The van der Waals surface area contributed by atoms with Gasteiger partial charge in [-0.05, 0) is 12.8 Å². The van der Waals surface area contributed by atoms with E-state index in [9.17, 15) is 0 Å². The van der Waals surface area contributed by atoms with Gasteiger partial charge in [0, 0.05) is 5.92 Å². The molecule has 0 bridgehead atoms. The van der Waals surface area contributed by atoms with Crippen molar-refractivity contribution in [1.82, 2.24) is 9.97 Å². The summed E-state index contributed by atoms with van der Waals surface area (Å²) in [7, 11) is 0. The standard InChI is InChI=1S/C10H14N2O/c13-10-7-11-9(6-12-10)8-4-2-1-3-5-8/h6-8H,1-5H2,(H,12,13). The second kappa shape index (κ2) is 3.73. The summed E-state index contributed by atoms with van der Waals surface area (Å²) in [5.41, 5.74) is 1.04. The molecular weight excluding hydrogens is 164 g/mol. The lowest BCUT2D eigenvalue weighted by molar-refractivity contribution is 0.426. The molecule has 0 saturated heterocycles. The zero-order chi connectivity index (χ0) is 9.10. The fourth-order valence-electron chi connectivity index (χ4n) is 1.94. The summed E-state index contributed by atoms with van der Waals surface area (Å²) < 4.78 is 0. The molecule has 3 heteroatoms. The van der Waals surface area contributed by atoms with Gasteiger partial charge in [-0.2, -0.15) is 0 Å². The maximum absolute atomic E-state index is 8.98. The fraction of sp³-hybridized carbons (Fsp3) is 0.600. The molecule has 2 rings (SSSR count). The van der Waals surface area contributed by atoms with Gasteiger partial charge in [0.1, 0.15) is 0 Å². The smallest absolute Gasteiger partial charge is 0.229 e. The second-order valence-corrected chi connectivity index (χ2v) is 3.63. The lowest BCUT2D eigenvalue weighted by Gasteiger charge is -2.20. The van der Waals surface area contributed by atoms with Crippen molar-refractivity contribution >= 4 is 0 Å². The molecule has 1 aliphatic rings. The molecule has 1 aliphatic carbocycles. The fourth-order valence-corrected chi connectivity index (χ4v) is 1.94. The molecule has 13 heavy (non-hydrogen) atoms. The SMILES string of the molecule is Oc1cnc(C2CCCCC2)cn1. The molecule has 0 atom stereocenters. The molecule has 0 radical (unpaired) electrons. The highest BCUT2D eigenvalue weighted by Gasteiger charge is 2.16. The van der Waals surface area contributed by atoms with E-state index in [1.165, 1.54) is 38.3 Å². The molecule has 0 spiro atoms. The predicted molar refractivity (Wildman–Crippen MR) is 49.5 cm³/mol. The third kappa shape index (κ3) is 1.97. The molecule has 3 nitrogen and oxygen atoms in total. The van der Waals surface area contributed by atoms with Crippen LogP contribution in [-0.4, -0.2) is 15.1 Å². The molecule has 1 heterocycles. The number of hydrogen-bond donors (Lipinski definition) is 1. The average Bonchev–Trinajstić information content (AvgIpc) is 2.20. The minimum Gasteiger partial charge on any atom is -0.492 e. The highest BCUT2D eigenvalue weighted by atomic mass is 16.3. The van der Waals surface area contributed by atoms with Gasteiger partial charge in [0.15, 0.2) is 0 Å². The Kier molecular flexibility index (Phi) is 2.43. The van der Waals surface area contributed by atoms with Crippen LogP contribution in [0.4, 0.5) is 0 Å². The summed E-state index contributed by atoms with van der Waals surface area (Å²) in [6.07, 6.45) is 9.52. The van der Waals surface area contributed by atoms with Crippen LogP contribution in [0, 0.1) is 0 Å². The van der Waals surface area contributed by atoms with E-state index in [1.807, 2.05) is 0 Å². The average molecular weight is 178 g/mol. The van der Waals surface area contributed by atoms with Crippen LogP contribution in [0.5, 0.6) is 5.88 Å². The maximum atomic E-state index is 8.98. The quantitative estimate of drug-likeness (QED) is 0.717. The number of hydrogen-bond acceptors (Lipinski definition) is 3. The van der Waals surface area contributed by atoms with Crippen molar-refractivity contribution in [2.24, 2.45) is 0 Å². The van der Waals surface area contributed by atoms with Gasteiger partial charge in [-0.25, -0.2) is 4.98 Å². The molecule has 1 aromatic rings. The van der Waals surface area contributed by atoms with Crippen LogP contribution in [0.2, 0.25) is 0 Å². The summed E-state index contributed by atoms with van der Waals surface area (Å²) in [6, 6.07) is 0. The van der Waals surface area contributed by atoms with Gasteiger partial charge in [-0.1, -0.05) is 19.3 Å². The van der Waals surface area contributed by atoms with E-state index in [-0.39, 0.29) is 5.88 Å². The Labute approximate surface area is 77.8 Å². The van der Waals surface area contributed by atoms with E-state index in [0.29, 0.717) is 5.92 Å². The van der Waals surface area contributed by atoms with Crippen LogP contribution >= 0.6 is 0 Å². The number of aromatic hydroxyl groups is 1. The lowest BCUT2D eigenvalue weighted by Crippen LogP contribution is -2.06. The molecule has 1 fully saturated rings. The van der Waals surface area contributed by atoms with Gasteiger partial charge >= 0.3 is 0 Å². The summed E-state index contributed by atoms with van der Waals surface area (Å²) in [6.45, 7) is 0. The summed E-state index contributed by atoms with van der Waals surface area (Å²) in [5.74, 6) is 0.585. The van der Waals surface area contributed by atoms with E-state index in [2.05, 4.69) is 9.97 Å². The van der Waals surface area contributed by atoms with Gasteiger partial charge in [0.2, 0.25) is 5.88 Å². The lowest BCUT2D eigenvalue weighted by atomic mass is 9.87. The molecular formula is C10H14N2O. The first kappa shape index (κ1) is 8.48. The topological polar surface area (TPSA) is 46.0 Å². The third-order valence-electron chi connectivity index (χ3n) is 2.68. The van der Waals surface area contributed by atoms with Gasteiger partial charge in [-0.15, -0.1) is 0 Å². The Morgan fingerprint density at radius 2 is 1.85 bits per heavy atom. The number of rotatable bonds is 1. The minimum atomic E-state index is 0.0135. The Hall–Kier alpha value is -1.12. The van der Waals surface area contributed by atoms with Crippen molar-refractivity contribution < 1.29 is 5.11 Å². The van der Waals surface area contributed by atoms with E-state index < -0.39 is 0 Å². The molecule has 0 amide bonds. The normalized spacial score (nSPS) is 18.8. The van der Waals surface area contributed by atoms with Crippen LogP contribution in [0.1, 0.15) is 43.7 Å². The number of aromatic nitrogens is 2. The van der Waals surface area contributed by atoms with Gasteiger partial charge in [0.25, 0.3) is 0 Å². The third-order valence-corrected chi connectivity index (χ3v) is 2.68. The van der Waals surface area contributed by atoms with E-state index in [0.717, 1.165) is 5.69 Å². The molecule has 0 aromatic carbocycles. The van der Waals surface area contributed by atoms with Crippen LogP contribution < -0.4 is 0 Å². The highest BCUT2D eigenvalue weighted by Crippen LogP contribution is 2.31. The monoisotopic (exact) mass is 178 g/mol. The van der Waals surface area contributed by atoms with E-state index >= 15 is 0 Å². The minimum absolute atomic E-state index is 0.0135. The van der Waals surface area contributed by atoms with Gasteiger partial charge < -0.3 is 5.11 Å². The molecule has 70 valence electrons. The summed E-state index contributed by atoms with van der Waals surface area (Å²) >= 11 is 0. The van der Waals surface area contributed by atoms with E-state index in [4.69, 9.17) is 5.11 Å². The Bertz CT molecular complexity index is 265. The van der Waals surface area contributed by atoms with E-state index in [1.54, 1.807) is 6.20 Å². The van der Waals surface area contributed by atoms with Crippen LogP contribution in [0.3, 0.4) is 0 Å². The van der Waals surface area contributed by atoms with Crippen molar-refractivity contribution in [3.63, 3.8) is 0 Å². The van der Waals surface area contributed by atoms with Gasteiger partial charge in [-0.3, -0.25) is 4.98 Å². The Balaban J connectivity index is 2.10. The van der Waals surface area contributed by atoms with Crippen molar-refractivity contribution in [2.75, 3.05) is 0 Å². The zero-order valence-electron chi connectivity index (χ0n) is 7.61. The van der Waals surface area contributed by atoms with Crippen molar-refractivity contribution in [3.05, 3.63) is 18.1 Å². The first-order valence-corrected chi connectivity index (χ1v) is 4.87. The number of nitrogens with zero attached hydrogens (tertiary/aromatic N) is 2. The molecule has 0 unspecified atom stereocenters. The Morgan fingerprint density at radius 1 is 1.08 bits per heavy atom. The first-order chi connectivity index (χ1) is 6.36. The Morgan fingerprint density at radius 3 is 2.46 bits per heavy atom. The molecule has 1 N–H and O–H groups in total.